The number of carboxylic acids is 1. The number of carboxylic acid groups (broad SMARTS) is 1. The van der Waals surface area contributed by atoms with Gasteiger partial charge in [0.1, 0.15) is 30.2 Å². The van der Waals surface area contributed by atoms with Crippen LogP contribution in [0.3, 0.4) is 0 Å². The SMILES string of the molecule is CCCC[C@H](N)C(=O)N(C)[C@@H](CC(C)C)C(=O)N[C@@H](CC(C)C)C(=O)N(C)[C@@H](Cc1cn(Cc2ccc(Br)cc2)c2ccccc12)C(=O)N[C@@H](CC(C)C)C(=O)N(C)[C@@H](C)C(=O)OC(CCC#N)C(=O)O. The Balaban J connectivity index is 2.12. The molecule has 0 saturated carbocycles. The van der Waals surface area contributed by atoms with Crippen molar-refractivity contribution in [1.82, 2.24) is 29.9 Å². The average Bonchev–Trinajstić information content (AvgIpc) is 3.66. The number of rotatable bonds is 28. The molecule has 7 atom stereocenters. The number of fused-ring (bicyclic) bond motifs is 1. The number of aliphatic carboxylic acids is 1. The highest BCUT2D eigenvalue weighted by molar-refractivity contribution is 9.10. The van der Waals surface area contributed by atoms with Gasteiger partial charge in [-0.25, -0.2) is 9.59 Å². The normalized spacial score (nSPS) is 14.4. The first kappa shape index (κ1) is 59.5. The molecular weight excluding hydrogens is 973 g/mol. The Hall–Kier alpha value is -5.80. The van der Waals surface area contributed by atoms with Crippen LogP contribution in [0, 0.1) is 29.1 Å². The van der Waals surface area contributed by atoms with Crippen molar-refractivity contribution < 1.29 is 43.4 Å². The topological polar surface area (TPSA) is 237 Å². The molecule has 0 aliphatic carbocycles. The van der Waals surface area contributed by atoms with E-state index in [2.05, 4.69) is 31.1 Å². The van der Waals surface area contributed by atoms with Crippen LogP contribution in [0.25, 0.3) is 10.9 Å². The number of nitrogens with zero attached hydrogens (tertiary/aromatic N) is 5. The lowest BCUT2D eigenvalue weighted by molar-refractivity contribution is -0.169. The number of likely N-dealkylation sites (N-methyl/N-ethyl adjacent to an activating group) is 3. The van der Waals surface area contributed by atoms with Crippen molar-refractivity contribution in [3.63, 3.8) is 0 Å². The summed E-state index contributed by atoms with van der Waals surface area (Å²) in [6, 6.07) is 10.9. The molecule has 1 unspecified atom stereocenters. The number of esters is 1. The van der Waals surface area contributed by atoms with Gasteiger partial charge in [0, 0.05) is 68.5 Å². The van der Waals surface area contributed by atoms with E-state index in [1.54, 1.807) is 7.05 Å². The lowest BCUT2D eigenvalue weighted by atomic mass is 9.97. The Bertz CT molecular complexity index is 2330. The van der Waals surface area contributed by atoms with Gasteiger partial charge in [-0.2, -0.15) is 5.26 Å². The summed E-state index contributed by atoms with van der Waals surface area (Å²) in [5.74, 6) is -5.48. The van der Waals surface area contributed by atoms with Gasteiger partial charge in [0.15, 0.2) is 6.10 Å². The highest BCUT2D eigenvalue weighted by atomic mass is 79.9. The summed E-state index contributed by atoms with van der Waals surface area (Å²) in [6.07, 6.45) is 2.63. The van der Waals surface area contributed by atoms with Gasteiger partial charge in [-0.05, 0) is 79.7 Å². The largest absolute Gasteiger partial charge is 0.479 e. The lowest BCUT2D eigenvalue weighted by Gasteiger charge is -2.35. The maximum absolute atomic E-state index is 15.1. The fourth-order valence-electron chi connectivity index (χ4n) is 8.45. The second-order valence-electron chi connectivity index (χ2n) is 19.9. The number of unbranched alkanes of at least 4 members (excludes halogenated alkanes) is 1. The summed E-state index contributed by atoms with van der Waals surface area (Å²) in [6.45, 7) is 15.3. The maximum Gasteiger partial charge on any atom is 0.345 e. The van der Waals surface area contributed by atoms with Crippen molar-refractivity contribution in [3.05, 3.63) is 70.3 Å². The summed E-state index contributed by atoms with van der Waals surface area (Å²) in [4.78, 5) is 101. The number of nitrogens with two attached hydrogens (primary N) is 1. The Labute approximate surface area is 428 Å². The molecule has 0 bridgehead atoms. The first-order valence-electron chi connectivity index (χ1n) is 24.7. The van der Waals surface area contributed by atoms with E-state index in [1.165, 1.54) is 30.8 Å². The molecule has 5 N–H and O–H groups in total. The zero-order chi connectivity index (χ0) is 53.3. The molecule has 0 spiro atoms. The predicted molar refractivity (Wildman–Crippen MR) is 276 cm³/mol. The van der Waals surface area contributed by atoms with Crippen LogP contribution in [-0.4, -0.2) is 129 Å². The number of carbonyl (C=O) groups excluding carboxylic acids is 6. The Kier molecular flexibility index (Phi) is 23.7. The molecule has 5 amide bonds. The molecule has 1 heterocycles. The van der Waals surface area contributed by atoms with Gasteiger partial charge in [0.2, 0.25) is 29.5 Å². The number of benzene rings is 2. The molecule has 0 aliphatic rings. The number of nitriles is 1. The van der Waals surface area contributed by atoms with Crippen LogP contribution in [-0.2, 0) is 51.3 Å². The number of amides is 5. The molecule has 1 aromatic heterocycles. The molecule has 17 nitrogen and oxygen atoms in total. The Morgan fingerprint density at radius 2 is 1.30 bits per heavy atom. The number of para-hydroxylation sites is 1. The molecule has 0 radical (unpaired) electrons. The standard InChI is InChI=1S/C53H77BrN8O9/c1-12-13-18-40(56)49(65)60(10)44(28-34(6)7)47(63)58-42(27-33(4)5)51(67)61(11)45(29-37-31-62(43-19-15-14-17-39(37)43)30-36-21-23-38(54)24-22-36)48(64)57-41(26-32(2)3)50(66)59(9)35(8)53(70)71-46(52(68)69)20-16-25-55/h14-15,17,19,21-24,31-35,40-42,44-46H,12-13,16,18,20,26-30,56H2,1-11H3,(H,57,64)(H,58,63)(H,68,69)/t35-,40-,41-,42-,44-,45-,46?/m0/s1. The molecule has 71 heavy (non-hydrogen) atoms. The van der Waals surface area contributed by atoms with Crippen molar-refractivity contribution in [2.45, 2.75) is 162 Å². The lowest BCUT2D eigenvalue weighted by Crippen LogP contribution is -2.60. The van der Waals surface area contributed by atoms with Crippen molar-refractivity contribution in [3.8, 4) is 6.07 Å². The van der Waals surface area contributed by atoms with Crippen LogP contribution >= 0.6 is 15.9 Å². The van der Waals surface area contributed by atoms with Crippen LogP contribution < -0.4 is 16.4 Å². The minimum Gasteiger partial charge on any atom is -0.479 e. The van der Waals surface area contributed by atoms with Gasteiger partial charge in [0.05, 0.1) is 12.1 Å². The molecule has 2 aromatic carbocycles. The first-order chi connectivity index (χ1) is 33.4. The minimum absolute atomic E-state index is 0.000914. The predicted octanol–water partition coefficient (Wildman–Crippen LogP) is 6.42. The zero-order valence-corrected chi connectivity index (χ0v) is 45.0. The van der Waals surface area contributed by atoms with E-state index in [0.717, 1.165) is 44.2 Å². The van der Waals surface area contributed by atoms with Crippen molar-refractivity contribution in [2.24, 2.45) is 23.5 Å². The number of hydrogen-bond donors (Lipinski definition) is 4. The van der Waals surface area contributed by atoms with E-state index in [-0.39, 0.29) is 55.8 Å². The number of halogens is 1. The number of aromatic nitrogens is 1. The molecule has 390 valence electrons. The maximum atomic E-state index is 15.1. The van der Waals surface area contributed by atoms with Crippen LogP contribution in [0.1, 0.15) is 118 Å². The summed E-state index contributed by atoms with van der Waals surface area (Å²) in [7, 11) is 4.40. The number of nitrogens with one attached hydrogen (secondary N) is 2. The third-order valence-corrected chi connectivity index (χ3v) is 13.2. The minimum atomic E-state index is -1.60. The third kappa shape index (κ3) is 17.5. The Morgan fingerprint density at radius 1 is 0.761 bits per heavy atom. The van der Waals surface area contributed by atoms with Crippen molar-refractivity contribution in [2.75, 3.05) is 21.1 Å². The number of hydrogen-bond acceptors (Lipinski definition) is 10. The van der Waals surface area contributed by atoms with Crippen LogP contribution in [0.5, 0.6) is 0 Å². The van der Waals surface area contributed by atoms with E-state index >= 15 is 9.59 Å². The molecule has 0 saturated heterocycles. The van der Waals surface area contributed by atoms with Gasteiger partial charge in [-0.15, -0.1) is 0 Å². The third-order valence-electron chi connectivity index (χ3n) is 12.6. The van der Waals surface area contributed by atoms with Crippen molar-refractivity contribution in [1.29, 1.82) is 5.26 Å². The van der Waals surface area contributed by atoms with E-state index in [0.29, 0.717) is 19.4 Å². The van der Waals surface area contributed by atoms with E-state index in [1.807, 2.05) is 109 Å². The van der Waals surface area contributed by atoms with Crippen LogP contribution in [0.2, 0.25) is 0 Å². The quantitative estimate of drug-likeness (QED) is 0.0579. The Morgan fingerprint density at radius 3 is 1.83 bits per heavy atom. The van der Waals surface area contributed by atoms with Crippen LogP contribution in [0.15, 0.2) is 59.2 Å². The second kappa shape index (κ2) is 28.3. The highest BCUT2D eigenvalue weighted by Gasteiger charge is 2.39. The number of ether oxygens (including phenoxy) is 1. The number of carbonyl (C=O) groups is 7. The van der Waals surface area contributed by atoms with Gasteiger partial charge >= 0.3 is 11.9 Å². The molecule has 3 aromatic rings. The fraction of sp³-hybridized carbons (Fsp3) is 0.585. The highest BCUT2D eigenvalue weighted by Crippen LogP contribution is 2.26. The van der Waals surface area contributed by atoms with E-state index < -0.39 is 77.9 Å². The van der Waals surface area contributed by atoms with Crippen LogP contribution in [0.4, 0.5) is 0 Å². The summed E-state index contributed by atoms with van der Waals surface area (Å²) in [5.41, 5.74) is 8.96. The molecule has 3 rings (SSSR count). The van der Waals surface area contributed by atoms with E-state index in [4.69, 9.17) is 15.7 Å². The smallest absolute Gasteiger partial charge is 0.345 e. The summed E-state index contributed by atoms with van der Waals surface area (Å²) in [5, 5.41) is 25.3. The summed E-state index contributed by atoms with van der Waals surface area (Å²) >= 11 is 3.50. The van der Waals surface area contributed by atoms with E-state index in [9.17, 15) is 29.1 Å². The first-order valence-corrected chi connectivity index (χ1v) is 25.5. The molecule has 0 aliphatic heterocycles. The van der Waals surface area contributed by atoms with Gasteiger partial charge in [-0.1, -0.05) is 108 Å². The molecular formula is C53H77BrN8O9. The van der Waals surface area contributed by atoms with Gasteiger partial charge in [-0.3, -0.25) is 24.0 Å². The molecule has 0 fully saturated rings. The molecule has 18 heteroatoms. The fourth-order valence-corrected chi connectivity index (χ4v) is 8.71. The zero-order valence-electron chi connectivity index (χ0n) is 43.4. The van der Waals surface area contributed by atoms with Gasteiger partial charge < -0.3 is 45.5 Å². The second-order valence-corrected chi connectivity index (χ2v) is 20.8. The average molecular weight is 1050 g/mol. The van der Waals surface area contributed by atoms with Crippen molar-refractivity contribution >= 4 is 68.3 Å². The van der Waals surface area contributed by atoms with Gasteiger partial charge in [0.25, 0.3) is 0 Å². The monoisotopic (exact) mass is 1050 g/mol. The summed E-state index contributed by atoms with van der Waals surface area (Å²) < 4.78 is 8.22.